The zero-order valence-corrected chi connectivity index (χ0v) is 29.2. The van der Waals surface area contributed by atoms with Crippen LogP contribution in [0.1, 0.15) is 40.2 Å². The summed E-state index contributed by atoms with van der Waals surface area (Å²) in [6.07, 6.45) is 3.95. The molecule has 3 amide bonds. The Balaban J connectivity index is 1.01. The van der Waals surface area contributed by atoms with Crippen molar-refractivity contribution in [3.63, 3.8) is 0 Å². The Bertz CT molecular complexity index is 1800. The number of rotatable bonds is 10. The maximum atomic E-state index is 14.7. The molecule has 3 unspecified atom stereocenters. The van der Waals surface area contributed by atoms with Gasteiger partial charge in [0, 0.05) is 75.7 Å². The first kappa shape index (κ1) is 36.6. The van der Waals surface area contributed by atoms with Crippen LogP contribution in [-0.4, -0.2) is 114 Å². The van der Waals surface area contributed by atoms with Gasteiger partial charge in [0.25, 0.3) is 11.8 Å². The van der Waals surface area contributed by atoms with Crippen LogP contribution in [0.25, 0.3) is 11.3 Å². The van der Waals surface area contributed by atoms with Gasteiger partial charge in [0.15, 0.2) is 17.4 Å². The zero-order valence-electron chi connectivity index (χ0n) is 28.4. The van der Waals surface area contributed by atoms with E-state index in [1.165, 1.54) is 36.2 Å². The van der Waals surface area contributed by atoms with Crippen molar-refractivity contribution in [3.8, 4) is 17.0 Å². The average molecular weight is 735 g/mol. The molecule has 3 atom stereocenters. The van der Waals surface area contributed by atoms with E-state index in [1.54, 1.807) is 4.90 Å². The van der Waals surface area contributed by atoms with Crippen molar-refractivity contribution < 1.29 is 41.2 Å². The number of piperazine rings is 1. The number of aromatic nitrogens is 2. The van der Waals surface area contributed by atoms with Crippen LogP contribution >= 0.6 is 11.6 Å². The molecule has 4 heterocycles. The fourth-order valence-electron chi connectivity index (χ4n) is 7.57. The molecule has 11 nitrogen and oxygen atoms in total. The molecule has 274 valence electrons. The number of ether oxygens (including phenoxy) is 1. The first-order valence-electron chi connectivity index (χ1n) is 17.0. The molecule has 0 bridgehead atoms. The molecule has 0 aliphatic carbocycles. The van der Waals surface area contributed by atoms with Crippen LogP contribution in [0.5, 0.6) is 5.75 Å². The minimum Gasteiger partial charge on any atom is -0.432 e. The highest BCUT2D eigenvalue weighted by Crippen LogP contribution is 2.32. The lowest BCUT2D eigenvalue weighted by Gasteiger charge is -2.35. The van der Waals surface area contributed by atoms with Crippen LogP contribution < -0.4 is 15.4 Å². The number of hydrogen-bond acceptors (Lipinski definition) is 6. The number of nitrogens with zero attached hydrogens (tertiary/aromatic N) is 5. The van der Waals surface area contributed by atoms with Crippen molar-refractivity contribution in [1.29, 1.82) is 0 Å². The summed E-state index contributed by atoms with van der Waals surface area (Å²) in [6, 6.07) is 6.33. The van der Waals surface area contributed by atoms with E-state index in [-0.39, 0.29) is 45.2 Å². The Morgan fingerprint density at radius 3 is 2.49 bits per heavy atom. The monoisotopic (exact) mass is 734 g/mol. The Hall–Kier alpha value is -4.21. The molecule has 0 radical (unpaired) electrons. The Labute approximate surface area is 298 Å². The maximum absolute atomic E-state index is 14.7. The number of imidazole rings is 1. The highest BCUT2D eigenvalue weighted by Gasteiger charge is 2.39. The number of carbonyl (C=O) groups excluding carboxylic acids is 3. The van der Waals surface area contributed by atoms with Gasteiger partial charge in [-0.1, -0.05) is 11.6 Å². The number of halogens is 5. The molecule has 16 heteroatoms. The SMILES string of the molecule is Cn1c(-c2ccc(OC(F)F)c(F)c2F)cnc1C(=O)Nc1ccc(C(=O)N2CCN(C(=O)CC3CC[N+](C)(CC4CCNC4)C3)CC2)c(Cl)c1. The lowest BCUT2D eigenvalue weighted by Crippen LogP contribution is -2.51. The van der Waals surface area contributed by atoms with Crippen molar-refractivity contribution in [2.24, 2.45) is 18.9 Å². The zero-order chi connectivity index (χ0) is 36.4. The number of benzene rings is 2. The number of anilines is 1. The lowest BCUT2D eigenvalue weighted by molar-refractivity contribution is -0.902. The second kappa shape index (κ2) is 15.2. The minimum absolute atomic E-state index is 0.00852. The molecule has 3 aliphatic rings. The molecule has 0 saturated carbocycles. The first-order valence-corrected chi connectivity index (χ1v) is 17.4. The summed E-state index contributed by atoms with van der Waals surface area (Å²) >= 11 is 6.49. The molecule has 2 N–H and O–H groups in total. The topological polar surface area (TPSA) is 109 Å². The number of quaternary nitrogens is 1. The summed E-state index contributed by atoms with van der Waals surface area (Å²) in [4.78, 5) is 47.2. The van der Waals surface area contributed by atoms with Gasteiger partial charge >= 0.3 is 6.61 Å². The molecule has 3 fully saturated rings. The van der Waals surface area contributed by atoms with Crippen molar-refractivity contribution >= 4 is 35.0 Å². The number of amides is 3. The number of alkyl halides is 2. The van der Waals surface area contributed by atoms with Gasteiger partial charge in [-0.2, -0.15) is 13.2 Å². The number of likely N-dealkylation sites (tertiary alicyclic amines) is 1. The van der Waals surface area contributed by atoms with Gasteiger partial charge < -0.3 is 34.2 Å². The predicted molar refractivity (Wildman–Crippen MR) is 182 cm³/mol. The summed E-state index contributed by atoms with van der Waals surface area (Å²) in [5.41, 5.74) is 0.191. The van der Waals surface area contributed by atoms with Gasteiger partial charge in [0.05, 0.1) is 49.2 Å². The third kappa shape index (κ3) is 8.15. The second-order valence-electron chi connectivity index (χ2n) is 13.9. The Morgan fingerprint density at radius 2 is 1.80 bits per heavy atom. The Kier molecular flexibility index (Phi) is 10.9. The molecule has 3 saturated heterocycles. The fraction of sp³-hybridized carbons (Fsp3) is 0.486. The van der Waals surface area contributed by atoms with Crippen molar-refractivity contribution in [2.75, 3.05) is 71.3 Å². The summed E-state index contributed by atoms with van der Waals surface area (Å²) in [5.74, 6) is -3.94. The molecule has 3 aromatic rings. The maximum Gasteiger partial charge on any atom is 0.387 e. The van der Waals surface area contributed by atoms with E-state index in [9.17, 15) is 31.9 Å². The van der Waals surface area contributed by atoms with Crippen LogP contribution in [0.4, 0.5) is 23.2 Å². The molecular weight excluding hydrogens is 694 g/mol. The minimum atomic E-state index is -3.34. The molecular formula is C35H41ClF4N7O4+. The average Bonchev–Trinajstić information content (AvgIpc) is 3.83. The molecule has 51 heavy (non-hydrogen) atoms. The summed E-state index contributed by atoms with van der Waals surface area (Å²) in [5, 5.41) is 6.18. The normalized spacial score (nSPS) is 22.1. The molecule has 3 aliphatic heterocycles. The van der Waals surface area contributed by atoms with Crippen molar-refractivity contribution in [1.82, 2.24) is 24.7 Å². The van der Waals surface area contributed by atoms with Gasteiger partial charge in [0.1, 0.15) is 0 Å². The summed E-state index contributed by atoms with van der Waals surface area (Å²) < 4.78 is 60.3. The van der Waals surface area contributed by atoms with E-state index < -0.39 is 29.9 Å². The van der Waals surface area contributed by atoms with Crippen molar-refractivity contribution in [2.45, 2.75) is 25.9 Å². The van der Waals surface area contributed by atoms with Crippen LogP contribution in [0.2, 0.25) is 5.02 Å². The highest BCUT2D eigenvalue weighted by atomic mass is 35.5. The van der Waals surface area contributed by atoms with E-state index in [4.69, 9.17) is 11.6 Å². The number of carbonyl (C=O) groups is 3. The molecule has 2 aromatic carbocycles. The Morgan fingerprint density at radius 1 is 1.06 bits per heavy atom. The van der Waals surface area contributed by atoms with Gasteiger partial charge in [-0.3, -0.25) is 14.4 Å². The molecule has 6 rings (SSSR count). The van der Waals surface area contributed by atoms with Crippen LogP contribution in [0, 0.1) is 23.5 Å². The van der Waals surface area contributed by atoms with Crippen molar-refractivity contribution in [3.05, 3.63) is 64.6 Å². The van der Waals surface area contributed by atoms with E-state index in [0.717, 1.165) is 62.0 Å². The first-order chi connectivity index (χ1) is 24.3. The third-order valence-electron chi connectivity index (χ3n) is 10.2. The standard InChI is InChI=1S/C35H40ClF4N7O4/c1-44-27(25-5-6-28(51-35(39)40)31(38)30(25)37)18-42-32(44)33(49)43-23-3-4-24(26(36)16-23)34(50)46-12-10-45(11-13-46)29(48)15-21-8-14-47(2,19-21)20-22-7-9-41-17-22/h3-6,16,18,21-22,35,41H,7-15,17,19-20H2,1-2H3/p+1. The fourth-order valence-corrected chi connectivity index (χ4v) is 7.83. The number of nitrogens with one attached hydrogen (secondary N) is 2. The van der Waals surface area contributed by atoms with Crippen LogP contribution in [-0.2, 0) is 11.8 Å². The van der Waals surface area contributed by atoms with Gasteiger partial charge in [-0.25, -0.2) is 9.37 Å². The van der Waals surface area contributed by atoms with E-state index >= 15 is 0 Å². The quantitative estimate of drug-likeness (QED) is 0.233. The van der Waals surface area contributed by atoms with Crippen LogP contribution in [0.3, 0.4) is 0 Å². The highest BCUT2D eigenvalue weighted by molar-refractivity contribution is 6.34. The van der Waals surface area contributed by atoms with E-state index in [0.29, 0.717) is 44.4 Å². The van der Waals surface area contributed by atoms with Crippen LogP contribution in [0.15, 0.2) is 36.5 Å². The smallest absolute Gasteiger partial charge is 0.387 e. The largest absolute Gasteiger partial charge is 0.432 e. The summed E-state index contributed by atoms with van der Waals surface area (Å²) in [7, 11) is 3.71. The van der Waals surface area contributed by atoms with Gasteiger partial charge in [-0.15, -0.1) is 0 Å². The summed E-state index contributed by atoms with van der Waals surface area (Å²) in [6.45, 7) is 3.77. The van der Waals surface area contributed by atoms with Gasteiger partial charge in [0.2, 0.25) is 11.7 Å². The molecule has 0 spiro atoms. The second-order valence-corrected chi connectivity index (χ2v) is 14.3. The van der Waals surface area contributed by atoms with E-state index in [2.05, 4.69) is 27.4 Å². The molecule has 1 aromatic heterocycles. The van der Waals surface area contributed by atoms with Gasteiger partial charge in [-0.05, 0) is 43.3 Å². The number of hydrogen-bond donors (Lipinski definition) is 2. The van der Waals surface area contributed by atoms with E-state index in [1.807, 2.05) is 4.90 Å². The lowest BCUT2D eigenvalue weighted by atomic mass is 10.0. The third-order valence-corrected chi connectivity index (χ3v) is 10.5. The predicted octanol–water partition coefficient (Wildman–Crippen LogP) is 4.62.